The zero-order valence-electron chi connectivity index (χ0n) is 8.10. The third-order valence-corrected chi connectivity index (χ3v) is 1.94. The van der Waals surface area contributed by atoms with Crippen LogP contribution in [0.2, 0.25) is 0 Å². The Hall–Kier alpha value is -2.20. The van der Waals surface area contributed by atoms with Crippen LogP contribution in [0.25, 0.3) is 0 Å². The number of hydrogen-bond acceptors (Lipinski definition) is 1. The molecule has 0 unspecified atom stereocenters. The molecule has 0 bridgehead atoms. The lowest BCUT2D eigenvalue weighted by atomic mass is 10.2. The van der Waals surface area contributed by atoms with E-state index in [4.69, 9.17) is 11.2 Å². The van der Waals surface area contributed by atoms with E-state index in [2.05, 4.69) is 12.0 Å². The van der Waals surface area contributed by atoms with Crippen LogP contribution < -0.4 is 4.74 Å². The third-order valence-electron chi connectivity index (χ3n) is 1.94. The Bertz CT molecular complexity index is 480. The summed E-state index contributed by atoms with van der Waals surface area (Å²) in [4.78, 5) is 0. The van der Waals surface area contributed by atoms with Gasteiger partial charge in [0, 0.05) is 6.07 Å². The smallest absolute Gasteiger partial charge is 0.150 e. The van der Waals surface area contributed by atoms with E-state index in [1.54, 1.807) is 6.07 Å². The van der Waals surface area contributed by atoms with Crippen LogP contribution in [-0.2, 0) is 0 Å². The van der Waals surface area contributed by atoms with Crippen LogP contribution in [0.3, 0.4) is 0 Å². The first kappa shape index (κ1) is 9.36. The highest BCUT2D eigenvalue weighted by atomic mass is 16.5. The van der Waals surface area contributed by atoms with Gasteiger partial charge in [-0.1, -0.05) is 36.3 Å². The first-order valence-corrected chi connectivity index (χ1v) is 4.60. The fourth-order valence-electron chi connectivity index (χ4n) is 1.23. The van der Waals surface area contributed by atoms with E-state index in [0.717, 1.165) is 5.75 Å². The fourth-order valence-corrected chi connectivity index (χ4v) is 1.23. The van der Waals surface area contributed by atoms with E-state index in [0.29, 0.717) is 11.3 Å². The largest absolute Gasteiger partial charge is 0.455 e. The molecule has 2 rings (SSSR count). The highest BCUT2D eigenvalue weighted by Gasteiger charge is 2.01. The number of para-hydroxylation sites is 2. The van der Waals surface area contributed by atoms with Gasteiger partial charge in [0.2, 0.25) is 0 Å². The standard InChI is InChI=1S/C14H9O/c1-2-12-8-6-7-11-14(12)15-13-9-4-3-5-10-13/h1,3-10H. The lowest BCUT2D eigenvalue weighted by Gasteiger charge is -2.06. The topological polar surface area (TPSA) is 9.23 Å². The van der Waals surface area contributed by atoms with Crippen LogP contribution in [-0.4, -0.2) is 0 Å². The Morgan fingerprint density at radius 2 is 1.87 bits per heavy atom. The minimum Gasteiger partial charge on any atom is -0.455 e. The van der Waals surface area contributed by atoms with Crippen molar-refractivity contribution in [2.45, 2.75) is 0 Å². The molecule has 0 saturated carbocycles. The van der Waals surface area contributed by atoms with Crippen molar-refractivity contribution in [1.82, 2.24) is 0 Å². The second kappa shape index (κ2) is 4.34. The molecule has 0 saturated heterocycles. The SMILES string of the molecule is C#Cc1ccc[c]c1Oc1ccccc1. The lowest BCUT2D eigenvalue weighted by Crippen LogP contribution is -1.87. The van der Waals surface area contributed by atoms with Crippen molar-refractivity contribution in [3.63, 3.8) is 0 Å². The maximum absolute atomic E-state index is 5.60. The molecule has 1 heteroatoms. The highest BCUT2D eigenvalue weighted by Crippen LogP contribution is 2.23. The van der Waals surface area contributed by atoms with Crippen LogP contribution in [0.4, 0.5) is 0 Å². The second-order valence-electron chi connectivity index (χ2n) is 2.97. The molecule has 71 valence electrons. The van der Waals surface area contributed by atoms with Crippen molar-refractivity contribution >= 4 is 0 Å². The summed E-state index contributed by atoms with van der Waals surface area (Å²) in [6, 6.07) is 17.9. The summed E-state index contributed by atoms with van der Waals surface area (Å²) in [5.41, 5.74) is 0.710. The zero-order chi connectivity index (χ0) is 10.5. The fraction of sp³-hybridized carbons (Fsp3) is 0. The maximum Gasteiger partial charge on any atom is 0.150 e. The number of ether oxygens (including phenoxy) is 1. The first-order valence-electron chi connectivity index (χ1n) is 4.60. The molecule has 0 heterocycles. The highest BCUT2D eigenvalue weighted by molar-refractivity contribution is 5.45. The van der Waals surface area contributed by atoms with E-state index in [-0.39, 0.29) is 0 Å². The summed E-state index contributed by atoms with van der Waals surface area (Å²) in [5, 5.41) is 0. The zero-order valence-corrected chi connectivity index (χ0v) is 8.10. The molecule has 15 heavy (non-hydrogen) atoms. The average molecular weight is 193 g/mol. The summed E-state index contributed by atoms with van der Waals surface area (Å²) in [5.74, 6) is 3.91. The maximum atomic E-state index is 5.60. The van der Waals surface area contributed by atoms with E-state index in [1.807, 2.05) is 42.5 Å². The molecule has 0 aliphatic heterocycles. The van der Waals surface area contributed by atoms with Crippen LogP contribution in [0.15, 0.2) is 48.5 Å². The van der Waals surface area contributed by atoms with E-state index >= 15 is 0 Å². The van der Waals surface area contributed by atoms with Gasteiger partial charge in [-0.25, -0.2) is 0 Å². The van der Waals surface area contributed by atoms with Crippen LogP contribution in [0, 0.1) is 18.4 Å². The molecule has 0 amide bonds. The van der Waals surface area contributed by atoms with Gasteiger partial charge in [-0.3, -0.25) is 0 Å². The summed E-state index contributed by atoms with van der Waals surface area (Å²) in [6.07, 6.45) is 5.35. The predicted octanol–water partition coefficient (Wildman–Crippen LogP) is 3.26. The van der Waals surface area contributed by atoms with Crippen LogP contribution in [0.1, 0.15) is 5.56 Å². The summed E-state index contributed by atoms with van der Waals surface area (Å²) >= 11 is 0. The normalized spacial score (nSPS) is 9.27. The Balaban J connectivity index is 2.29. The van der Waals surface area contributed by atoms with Gasteiger partial charge >= 0.3 is 0 Å². The van der Waals surface area contributed by atoms with Gasteiger partial charge in [-0.15, -0.1) is 6.42 Å². The van der Waals surface area contributed by atoms with E-state index in [9.17, 15) is 0 Å². The summed E-state index contributed by atoms with van der Waals surface area (Å²) < 4.78 is 5.60. The quantitative estimate of drug-likeness (QED) is 0.665. The minimum absolute atomic E-state index is 0.589. The molecule has 0 aliphatic carbocycles. The molecule has 2 aromatic rings. The molecular weight excluding hydrogens is 184 g/mol. The molecule has 1 radical (unpaired) electrons. The molecular formula is C14H9O. The van der Waals surface area contributed by atoms with Crippen molar-refractivity contribution in [3.8, 4) is 23.8 Å². The molecule has 2 aromatic carbocycles. The van der Waals surface area contributed by atoms with E-state index in [1.165, 1.54) is 0 Å². The monoisotopic (exact) mass is 193 g/mol. The van der Waals surface area contributed by atoms with Gasteiger partial charge in [-0.05, 0) is 18.2 Å². The number of rotatable bonds is 2. The first-order chi connectivity index (χ1) is 7.40. The average Bonchev–Trinajstić information content (AvgIpc) is 2.31. The van der Waals surface area contributed by atoms with Crippen molar-refractivity contribution in [3.05, 3.63) is 60.2 Å². The number of terminal acetylenes is 1. The van der Waals surface area contributed by atoms with Gasteiger partial charge in [0.05, 0.1) is 5.56 Å². The van der Waals surface area contributed by atoms with Gasteiger partial charge in [-0.2, -0.15) is 0 Å². The molecule has 0 fully saturated rings. The Morgan fingerprint density at radius 3 is 2.60 bits per heavy atom. The minimum atomic E-state index is 0.589. The molecule has 0 N–H and O–H groups in total. The van der Waals surface area contributed by atoms with Crippen LogP contribution in [0.5, 0.6) is 11.5 Å². The predicted molar refractivity (Wildman–Crippen MR) is 59.7 cm³/mol. The van der Waals surface area contributed by atoms with Gasteiger partial charge in [0.25, 0.3) is 0 Å². The number of benzene rings is 2. The molecule has 1 nitrogen and oxygen atoms in total. The Kier molecular flexibility index (Phi) is 2.71. The van der Waals surface area contributed by atoms with Gasteiger partial charge < -0.3 is 4.74 Å². The van der Waals surface area contributed by atoms with Crippen molar-refractivity contribution in [1.29, 1.82) is 0 Å². The van der Waals surface area contributed by atoms with Crippen molar-refractivity contribution in [2.75, 3.05) is 0 Å². The van der Waals surface area contributed by atoms with Gasteiger partial charge in [0.1, 0.15) is 5.75 Å². The summed E-state index contributed by atoms with van der Waals surface area (Å²) in [6.45, 7) is 0. The molecule has 0 atom stereocenters. The van der Waals surface area contributed by atoms with Crippen molar-refractivity contribution in [2.24, 2.45) is 0 Å². The van der Waals surface area contributed by atoms with Crippen molar-refractivity contribution < 1.29 is 4.74 Å². The van der Waals surface area contributed by atoms with E-state index < -0.39 is 0 Å². The van der Waals surface area contributed by atoms with Gasteiger partial charge in [0.15, 0.2) is 5.75 Å². The Labute approximate surface area is 89.3 Å². The number of hydrogen-bond donors (Lipinski definition) is 0. The van der Waals surface area contributed by atoms with Crippen LogP contribution >= 0.6 is 0 Å². The molecule has 0 spiro atoms. The Morgan fingerprint density at radius 1 is 1.07 bits per heavy atom. The third kappa shape index (κ3) is 2.18. The second-order valence-corrected chi connectivity index (χ2v) is 2.97. The molecule has 0 aromatic heterocycles. The lowest BCUT2D eigenvalue weighted by molar-refractivity contribution is 0.480. The summed E-state index contributed by atoms with van der Waals surface area (Å²) in [7, 11) is 0. The molecule has 0 aliphatic rings.